The molecule has 0 aromatic carbocycles. The zero-order chi connectivity index (χ0) is 78.3. The summed E-state index contributed by atoms with van der Waals surface area (Å²) in [6, 6.07) is 0. The number of unbranched alkanes of at least 4 members (excludes halogenated alkanes) is 66. The molecule has 0 radical (unpaired) electrons. The SMILES string of the molecule is CCCCCCCCCCCCCCC(=O)OC1C(OC(=O)CCCCCCCCCCCCCC)C(OC(=O)CCCCCCCCCCCCCC)C(OC(=O)CCCCCCCCCCCCCC)C(OC(=O)CCCCCCCCCCCCCC)C1OC(=O)CCCCCCCCCCCCCC. The van der Waals surface area contributed by atoms with Crippen LogP contribution >= 0.6 is 0 Å². The first kappa shape index (κ1) is 103. The van der Waals surface area contributed by atoms with Crippen LogP contribution in [-0.2, 0) is 57.2 Å². The topological polar surface area (TPSA) is 158 Å². The van der Waals surface area contributed by atoms with E-state index < -0.39 is 72.4 Å². The first-order chi connectivity index (χ1) is 53.1. The average Bonchev–Trinajstić information content (AvgIpc) is 0.758. The van der Waals surface area contributed by atoms with E-state index in [-0.39, 0.29) is 38.5 Å². The molecule has 636 valence electrons. The minimum atomic E-state index is -1.56. The van der Waals surface area contributed by atoms with Gasteiger partial charge in [0.05, 0.1) is 0 Å². The molecule has 1 aliphatic rings. The van der Waals surface area contributed by atoms with Crippen LogP contribution in [0, 0.1) is 0 Å². The maximum Gasteiger partial charge on any atom is 0.306 e. The highest BCUT2D eigenvalue weighted by atomic mass is 16.7. The molecular weight excluding hydrogens is 1350 g/mol. The van der Waals surface area contributed by atoms with Crippen LogP contribution in [-0.4, -0.2) is 72.4 Å². The zero-order valence-electron chi connectivity index (χ0n) is 72.5. The van der Waals surface area contributed by atoms with Crippen molar-refractivity contribution in [3.05, 3.63) is 0 Å². The summed E-state index contributed by atoms with van der Waals surface area (Å²) < 4.78 is 39.7. The van der Waals surface area contributed by atoms with Crippen LogP contribution in [0.15, 0.2) is 0 Å². The molecule has 1 aliphatic carbocycles. The number of carbonyl (C=O) groups is 6. The second-order valence-corrected chi connectivity index (χ2v) is 33.6. The van der Waals surface area contributed by atoms with Crippen molar-refractivity contribution in [3.8, 4) is 0 Å². The van der Waals surface area contributed by atoms with E-state index in [0.29, 0.717) is 38.5 Å². The maximum atomic E-state index is 14.7. The summed E-state index contributed by atoms with van der Waals surface area (Å²) in [5, 5.41) is 0. The highest BCUT2D eigenvalue weighted by molar-refractivity contribution is 5.74. The first-order valence-corrected chi connectivity index (χ1v) is 48.2. The summed E-state index contributed by atoms with van der Waals surface area (Å²) in [4.78, 5) is 88.4. The van der Waals surface area contributed by atoms with Gasteiger partial charge in [0.1, 0.15) is 0 Å². The fraction of sp³-hybridized carbons (Fsp3) is 0.938. The molecule has 1 fully saturated rings. The van der Waals surface area contributed by atoms with E-state index in [0.717, 1.165) is 154 Å². The molecule has 0 amide bonds. The zero-order valence-corrected chi connectivity index (χ0v) is 72.5. The Bertz CT molecular complexity index is 1620. The minimum absolute atomic E-state index is 0.0528. The Labute approximate surface area is 668 Å². The maximum absolute atomic E-state index is 14.7. The molecule has 12 nitrogen and oxygen atoms in total. The van der Waals surface area contributed by atoms with Crippen molar-refractivity contribution < 1.29 is 57.2 Å². The molecule has 108 heavy (non-hydrogen) atoms. The second kappa shape index (κ2) is 80.4. The van der Waals surface area contributed by atoms with Gasteiger partial charge in [-0.25, -0.2) is 0 Å². The Hall–Kier alpha value is -3.18. The van der Waals surface area contributed by atoms with Gasteiger partial charge in [-0.15, -0.1) is 0 Å². The van der Waals surface area contributed by atoms with Crippen LogP contribution in [0.25, 0.3) is 0 Å². The highest BCUT2D eigenvalue weighted by Gasteiger charge is 2.61. The van der Waals surface area contributed by atoms with Gasteiger partial charge in [0, 0.05) is 38.5 Å². The van der Waals surface area contributed by atoms with E-state index in [9.17, 15) is 28.8 Å². The van der Waals surface area contributed by atoms with E-state index in [4.69, 9.17) is 28.4 Å². The molecule has 0 aromatic rings. The van der Waals surface area contributed by atoms with Crippen LogP contribution in [0.5, 0.6) is 0 Å². The average molecular weight is 1530 g/mol. The second-order valence-electron chi connectivity index (χ2n) is 33.6. The molecule has 1 rings (SSSR count). The number of carbonyl (C=O) groups excluding carboxylic acids is 6. The Balaban J connectivity index is 3.91. The monoisotopic (exact) mass is 1530 g/mol. The molecule has 0 saturated heterocycles. The van der Waals surface area contributed by atoms with Gasteiger partial charge in [-0.1, -0.05) is 465 Å². The molecular formula is C96H180O12. The lowest BCUT2D eigenvalue weighted by molar-refractivity contribution is -0.262. The molecule has 0 aliphatic heterocycles. The lowest BCUT2D eigenvalue weighted by Crippen LogP contribution is -2.69. The van der Waals surface area contributed by atoms with E-state index in [1.165, 1.54) is 270 Å². The van der Waals surface area contributed by atoms with Crippen molar-refractivity contribution in [3.63, 3.8) is 0 Å². The number of hydrogen-bond donors (Lipinski definition) is 0. The largest absolute Gasteiger partial charge is 0.454 e. The first-order valence-electron chi connectivity index (χ1n) is 48.2. The lowest BCUT2D eigenvalue weighted by atomic mass is 9.83. The van der Waals surface area contributed by atoms with Gasteiger partial charge < -0.3 is 28.4 Å². The minimum Gasteiger partial charge on any atom is -0.454 e. The smallest absolute Gasteiger partial charge is 0.306 e. The van der Waals surface area contributed by atoms with Crippen LogP contribution in [0.1, 0.15) is 542 Å². The predicted octanol–water partition coefficient (Wildman–Crippen LogP) is 30.0. The van der Waals surface area contributed by atoms with Crippen LogP contribution in [0.3, 0.4) is 0 Å². The third-order valence-electron chi connectivity index (χ3n) is 23.0. The Kier molecular flexibility index (Phi) is 76.6. The van der Waals surface area contributed by atoms with Gasteiger partial charge in [0.2, 0.25) is 0 Å². The number of esters is 6. The predicted molar refractivity (Wildman–Crippen MR) is 453 cm³/mol. The van der Waals surface area contributed by atoms with Crippen molar-refractivity contribution in [2.24, 2.45) is 0 Å². The summed E-state index contributed by atoms with van der Waals surface area (Å²) in [5.41, 5.74) is 0. The summed E-state index contributed by atoms with van der Waals surface area (Å²) >= 11 is 0. The Morgan fingerprint density at radius 1 is 0.130 bits per heavy atom. The summed E-state index contributed by atoms with van der Waals surface area (Å²) in [7, 11) is 0. The normalized spacial score (nSPS) is 16.4. The Morgan fingerprint density at radius 2 is 0.204 bits per heavy atom. The van der Waals surface area contributed by atoms with E-state index >= 15 is 0 Å². The van der Waals surface area contributed by atoms with Gasteiger partial charge >= 0.3 is 35.8 Å². The quantitative estimate of drug-likeness (QED) is 0.0323. The molecule has 0 heterocycles. The van der Waals surface area contributed by atoms with E-state index in [2.05, 4.69) is 41.5 Å². The van der Waals surface area contributed by atoms with Crippen LogP contribution in [0.2, 0.25) is 0 Å². The molecule has 1 saturated carbocycles. The van der Waals surface area contributed by atoms with Crippen molar-refractivity contribution in [1.29, 1.82) is 0 Å². The van der Waals surface area contributed by atoms with Crippen LogP contribution < -0.4 is 0 Å². The third kappa shape index (κ3) is 64.2. The molecule has 12 heteroatoms. The molecule has 0 N–H and O–H groups in total. The molecule has 0 atom stereocenters. The van der Waals surface area contributed by atoms with Gasteiger partial charge in [-0.05, 0) is 38.5 Å². The van der Waals surface area contributed by atoms with Crippen molar-refractivity contribution in [2.75, 3.05) is 0 Å². The van der Waals surface area contributed by atoms with E-state index in [1.54, 1.807) is 0 Å². The fourth-order valence-electron chi connectivity index (χ4n) is 15.9. The van der Waals surface area contributed by atoms with Gasteiger partial charge in [-0.3, -0.25) is 28.8 Å². The fourth-order valence-corrected chi connectivity index (χ4v) is 15.9. The Morgan fingerprint density at radius 3 is 0.287 bits per heavy atom. The summed E-state index contributed by atoms with van der Waals surface area (Å²) in [6.45, 7) is 13.5. The number of hydrogen-bond acceptors (Lipinski definition) is 12. The van der Waals surface area contributed by atoms with E-state index in [1.807, 2.05) is 0 Å². The highest BCUT2D eigenvalue weighted by Crippen LogP contribution is 2.37. The lowest BCUT2D eigenvalue weighted by Gasteiger charge is -2.47. The van der Waals surface area contributed by atoms with Gasteiger partial charge in [0.25, 0.3) is 0 Å². The van der Waals surface area contributed by atoms with Gasteiger partial charge in [-0.2, -0.15) is 0 Å². The van der Waals surface area contributed by atoms with Crippen molar-refractivity contribution >= 4 is 35.8 Å². The van der Waals surface area contributed by atoms with Crippen molar-refractivity contribution in [2.45, 2.75) is 579 Å². The third-order valence-corrected chi connectivity index (χ3v) is 23.0. The van der Waals surface area contributed by atoms with Gasteiger partial charge in [0.15, 0.2) is 36.6 Å². The molecule has 0 spiro atoms. The summed E-state index contributed by atoms with van der Waals surface area (Å²) in [5.74, 6) is -3.49. The summed E-state index contributed by atoms with van der Waals surface area (Å²) in [6.07, 6.45) is 71.9. The number of rotatable bonds is 84. The number of ether oxygens (including phenoxy) is 6. The standard InChI is InChI=1S/C96H180O12/c1-7-13-19-25-31-37-43-49-55-61-67-73-79-85(97)103-91-92(104-86(98)80-74-68-62-56-50-44-38-32-26-20-14-8-2)94(106-88(100)82-76-70-64-58-52-46-40-34-28-22-16-10-4)96(108-90(102)84-78-72-66-60-54-48-42-36-30-24-18-12-6)95(107-89(101)83-77-71-65-59-53-47-41-35-29-23-17-11-5)93(91)105-87(99)81-75-69-63-57-51-45-39-33-27-21-15-9-3/h91-96H,7-84H2,1-6H3. The van der Waals surface area contributed by atoms with Crippen molar-refractivity contribution in [1.82, 2.24) is 0 Å². The molecule has 0 aromatic heterocycles. The molecule has 0 bridgehead atoms. The molecule has 0 unspecified atom stereocenters. The van der Waals surface area contributed by atoms with Crippen LogP contribution in [0.4, 0.5) is 0 Å².